The van der Waals surface area contributed by atoms with Crippen LogP contribution in [0.5, 0.6) is 0 Å². The van der Waals surface area contributed by atoms with Gasteiger partial charge in [-0.3, -0.25) is 4.79 Å². The molecule has 1 aromatic rings. The number of benzene rings is 1. The highest BCUT2D eigenvalue weighted by Crippen LogP contribution is 2.41. The van der Waals surface area contributed by atoms with Crippen molar-refractivity contribution < 1.29 is 18.3 Å². The van der Waals surface area contributed by atoms with E-state index >= 15 is 0 Å². The normalized spacial score (nSPS) is 25.6. The number of carbonyl (C=O) groups excluding carboxylic acids is 1. The van der Waals surface area contributed by atoms with Gasteiger partial charge in [0.1, 0.15) is 16.2 Å². The van der Waals surface area contributed by atoms with Gasteiger partial charge in [0.15, 0.2) is 5.84 Å². The van der Waals surface area contributed by atoms with Crippen LogP contribution in [0.2, 0.25) is 0 Å². The lowest BCUT2D eigenvalue weighted by atomic mass is 9.89. The van der Waals surface area contributed by atoms with E-state index in [4.69, 9.17) is 5.73 Å². The molecule has 4 N–H and O–H groups in total. The van der Waals surface area contributed by atoms with E-state index in [1.54, 1.807) is 11.0 Å². The van der Waals surface area contributed by atoms with Crippen LogP contribution in [0.15, 0.2) is 38.8 Å². The van der Waals surface area contributed by atoms with Crippen molar-refractivity contribution in [2.75, 3.05) is 17.6 Å². The van der Waals surface area contributed by atoms with Gasteiger partial charge < -0.3 is 21.1 Å². The zero-order valence-corrected chi connectivity index (χ0v) is 17.4. The summed E-state index contributed by atoms with van der Waals surface area (Å²) >= 11 is 0. The number of rotatable bonds is 4. The molecule has 29 heavy (non-hydrogen) atoms. The van der Waals surface area contributed by atoms with E-state index in [1.165, 1.54) is 12.1 Å². The Bertz CT molecular complexity index is 1030. The van der Waals surface area contributed by atoms with Gasteiger partial charge in [-0.15, -0.1) is 4.40 Å². The van der Waals surface area contributed by atoms with Gasteiger partial charge in [0, 0.05) is 24.2 Å². The van der Waals surface area contributed by atoms with Gasteiger partial charge in [0.25, 0.3) is 15.9 Å². The zero-order chi connectivity index (χ0) is 20.9. The number of hydrogen-bond acceptors (Lipinski definition) is 6. The molecule has 0 spiro atoms. The van der Waals surface area contributed by atoms with Crippen LogP contribution in [0.3, 0.4) is 0 Å². The first-order valence-corrected chi connectivity index (χ1v) is 11.4. The molecule has 2 atom stereocenters. The molecule has 2 unspecified atom stereocenters. The molecule has 0 saturated heterocycles. The highest BCUT2D eigenvalue weighted by molar-refractivity contribution is 7.90. The highest BCUT2D eigenvalue weighted by Gasteiger charge is 2.46. The Balaban J connectivity index is 1.77. The van der Waals surface area contributed by atoms with Gasteiger partial charge in [-0.05, 0) is 43.4 Å². The number of sulfonamides is 1. The van der Waals surface area contributed by atoms with Crippen LogP contribution in [0, 0.1) is 11.8 Å². The first kappa shape index (κ1) is 19.8. The number of aliphatic hydroxyl groups is 1. The first-order valence-electron chi connectivity index (χ1n) is 9.95. The number of nitrogens with zero attached hydrogens (tertiary/aromatic N) is 2. The fourth-order valence-corrected chi connectivity index (χ4v) is 5.55. The van der Waals surface area contributed by atoms with Gasteiger partial charge in [0.2, 0.25) is 0 Å². The SMILES string of the molecule is CC(C)CCN1C(=O)C(C2=NS(=O)(=O)c3cc(N)ccc3N2)=C(O)C2CCCC21. The Morgan fingerprint density at radius 3 is 2.83 bits per heavy atom. The fourth-order valence-electron chi connectivity index (χ4n) is 4.39. The summed E-state index contributed by atoms with van der Waals surface area (Å²) in [6, 6.07) is 4.40. The molecule has 1 aliphatic carbocycles. The van der Waals surface area contributed by atoms with Gasteiger partial charge in [0.05, 0.1) is 5.69 Å². The maximum atomic E-state index is 13.3. The summed E-state index contributed by atoms with van der Waals surface area (Å²) in [6.45, 7) is 4.76. The maximum absolute atomic E-state index is 13.3. The number of anilines is 2. The topological polar surface area (TPSA) is 125 Å². The highest BCUT2D eigenvalue weighted by atomic mass is 32.2. The van der Waals surface area contributed by atoms with Crippen LogP contribution < -0.4 is 11.1 Å². The summed E-state index contributed by atoms with van der Waals surface area (Å²) in [4.78, 5) is 15.1. The third kappa shape index (κ3) is 3.37. The summed E-state index contributed by atoms with van der Waals surface area (Å²) in [5.41, 5.74) is 6.26. The van der Waals surface area contributed by atoms with E-state index in [2.05, 4.69) is 23.6 Å². The second-order valence-electron chi connectivity index (χ2n) is 8.34. The number of nitrogens with two attached hydrogens (primary N) is 1. The van der Waals surface area contributed by atoms with Gasteiger partial charge in [-0.25, -0.2) is 0 Å². The Morgan fingerprint density at radius 2 is 2.10 bits per heavy atom. The molecule has 1 amide bonds. The minimum atomic E-state index is -4.05. The largest absolute Gasteiger partial charge is 0.511 e. The smallest absolute Gasteiger partial charge is 0.286 e. The van der Waals surface area contributed by atoms with Crippen molar-refractivity contribution in [3.8, 4) is 0 Å². The van der Waals surface area contributed by atoms with Gasteiger partial charge >= 0.3 is 0 Å². The monoisotopic (exact) mass is 418 g/mol. The van der Waals surface area contributed by atoms with Crippen LogP contribution in [0.1, 0.15) is 39.5 Å². The lowest BCUT2D eigenvalue weighted by Gasteiger charge is -2.39. The molecule has 3 aliphatic rings. The molecule has 1 saturated carbocycles. The Kier molecular flexibility index (Phi) is 4.80. The molecule has 4 rings (SSSR count). The first-order chi connectivity index (χ1) is 13.7. The lowest BCUT2D eigenvalue weighted by molar-refractivity contribution is -0.131. The van der Waals surface area contributed by atoms with E-state index in [-0.39, 0.29) is 39.9 Å². The van der Waals surface area contributed by atoms with Crippen LogP contribution in [0.25, 0.3) is 0 Å². The van der Waals surface area contributed by atoms with Crippen molar-refractivity contribution in [1.29, 1.82) is 0 Å². The lowest BCUT2D eigenvalue weighted by Crippen LogP contribution is -2.50. The van der Waals surface area contributed by atoms with E-state index in [0.29, 0.717) is 23.8 Å². The summed E-state index contributed by atoms with van der Waals surface area (Å²) in [5.74, 6) is -0.307. The number of fused-ring (bicyclic) bond motifs is 2. The van der Waals surface area contributed by atoms with Crippen molar-refractivity contribution in [2.24, 2.45) is 16.2 Å². The van der Waals surface area contributed by atoms with Crippen molar-refractivity contribution in [2.45, 2.75) is 50.5 Å². The van der Waals surface area contributed by atoms with E-state index in [0.717, 1.165) is 25.7 Å². The molecule has 1 fully saturated rings. The molecule has 0 radical (unpaired) electrons. The summed E-state index contributed by atoms with van der Waals surface area (Å²) in [5, 5.41) is 13.8. The van der Waals surface area contributed by atoms with Crippen LogP contribution in [0.4, 0.5) is 11.4 Å². The molecular weight excluding hydrogens is 392 g/mol. The average molecular weight is 419 g/mol. The number of aliphatic hydroxyl groups excluding tert-OH is 1. The predicted molar refractivity (Wildman–Crippen MR) is 111 cm³/mol. The summed E-state index contributed by atoms with van der Waals surface area (Å²) < 4.78 is 29.2. The van der Waals surface area contributed by atoms with Crippen LogP contribution in [-0.4, -0.2) is 42.8 Å². The number of carbonyl (C=O) groups is 1. The summed E-state index contributed by atoms with van der Waals surface area (Å²) in [6.07, 6.45) is 3.35. The maximum Gasteiger partial charge on any atom is 0.286 e. The van der Waals surface area contributed by atoms with E-state index in [9.17, 15) is 18.3 Å². The van der Waals surface area contributed by atoms with Gasteiger partial charge in [-0.2, -0.15) is 8.42 Å². The second kappa shape index (κ2) is 7.05. The minimum Gasteiger partial charge on any atom is -0.511 e. The minimum absolute atomic E-state index is 0.0389. The number of amides is 1. The van der Waals surface area contributed by atoms with E-state index < -0.39 is 10.0 Å². The van der Waals surface area contributed by atoms with Gasteiger partial charge in [-0.1, -0.05) is 20.3 Å². The molecule has 2 heterocycles. The van der Waals surface area contributed by atoms with Crippen molar-refractivity contribution >= 4 is 33.1 Å². The number of amidine groups is 1. The molecule has 8 nitrogen and oxygen atoms in total. The molecule has 2 aliphatic heterocycles. The quantitative estimate of drug-likeness (QED) is 0.646. The number of nitrogens with one attached hydrogen (secondary N) is 1. The third-order valence-electron chi connectivity index (χ3n) is 5.89. The zero-order valence-electron chi connectivity index (χ0n) is 16.6. The van der Waals surface area contributed by atoms with E-state index in [1.807, 2.05) is 0 Å². The predicted octanol–water partition coefficient (Wildman–Crippen LogP) is 2.65. The van der Waals surface area contributed by atoms with Crippen molar-refractivity contribution in [3.05, 3.63) is 29.5 Å². The average Bonchev–Trinajstić information content (AvgIpc) is 3.11. The standard InChI is InChI=1S/C20H26N4O4S/c1-11(2)8-9-24-15-5-3-4-13(15)18(25)17(20(24)26)19-22-14-7-6-12(21)10-16(14)29(27,28)23-19/h6-7,10-11,13,15,25H,3-5,8-9,21H2,1-2H3,(H,22,23). The molecule has 1 aromatic carbocycles. The number of nitrogen functional groups attached to an aromatic ring is 1. The summed E-state index contributed by atoms with van der Waals surface area (Å²) in [7, 11) is -4.05. The Labute approximate surface area is 170 Å². The number of hydrogen-bond donors (Lipinski definition) is 3. The third-order valence-corrected chi connectivity index (χ3v) is 7.21. The molecular formula is C20H26N4O4S. The second-order valence-corrected chi connectivity index (χ2v) is 9.91. The molecule has 9 heteroatoms. The molecule has 0 bridgehead atoms. The molecule has 0 aromatic heterocycles. The van der Waals surface area contributed by atoms with Crippen molar-refractivity contribution in [1.82, 2.24) is 4.90 Å². The molecule has 156 valence electrons. The van der Waals surface area contributed by atoms with Crippen LogP contribution in [-0.2, 0) is 14.8 Å². The Morgan fingerprint density at radius 1 is 1.34 bits per heavy atom. The fraction of sp³-hybridized carbons (Fsp3) is 0.500. The van der Waals surface area contributed by atoms with Crippen molar-refractivity contribution in [3.63, 3.8) is 0 Å². The van der Waals surface area contributed by atoms with Crippen LogP contribution >= 0.6 is 0 Å². The Hall–Kier alpha value is -2.55.